The van der Waals surface area contributed by atoms with Gasteiger partial charge in [-0.05, 0) is 78.1 Å². The number of hydrogen-bond acceptors (Lipinski definition) is 1. The normalized spacial score (nSPS) is 19.6. The third-order valence-corrected chi connectivity index (χ3v) is 11.9. The van der Waals surface area contributed by atoms with Gasteiger partial charge in [0.05, 0.1) is 22.2 Å². The van der Waals surface area contributed by atoms with Crippen molar-refractivity contribution in [2.24, 2.45) is 0 Å². The molecule has 3 heteroatoms. The van der Waals surface area contributed by atoms with Gasteiger partial charge < -0.3 is 9.13 Å². The molecule has 10 rings (SSSR count). The van der Waals surface area contributed by atoms with Crippen molar-refractivity contribution < 1.29 is 0 Å². The van der Waals surface area contributed by atoms with Gasteiger partial charge in [-0.3, -0.25) is 0 Å². The summed E-state index contributed by atoms with van der Waals surface area (Å²) in [6.07, 6.45) is 16.0. The molecule has 0 N–H and O–H groups in total. The zero-order valence-corrected chi connectivity index (χ0v) is 26.5. The number of nitrogens with zero attached hydrogens (tertiary/aromatic N) is 2. The summed E-state index contributed by atoms with van der Waals surface area (Å²) in [5.41, 5.74) is 12.9. The highest BCUT2D eigenvalue weighted by Crippen LogP contribution is 2.54. The first kappa shape index (κ1) is 26.2. The highest BCUT2D eigenvalue weighted by atomic mass is 32.2. The number of hydrogen-bond donors (Lipinski definition) is 0. The van der Waals surface area contributed by atoms with Crippen LogP contribution in [0.5, 0.6) is 0 Å². The predicted octanol–water partition coefficient (Wildman–Crippen LogP) is 11.2. The average Bonchev–Trinajstić information content (AvgIpc) is 3.72. The molecule has 0 bridgehead atoms. The number of aryl methyl sites for hydroxylation is 1. The van der Waals surface area contributed by atoms with Crippen LogP contribution in [0.25, 0.3) is 61.3 Å². The van der Waals surface area contributed by atoms with Crippen molar-refractivity contribution >= 4 is 50.5 Å². The Bertz CT molecular complexity index is 2480. The van der Waals surface area contributed by atoms with E-state index in [1.807, 2.05) is 11.8 Å². The number of aromatic nitrogens is 2. The molecule has 2 nitrogen and oxygen atoms in total. The Balaban J connectivity index is 1.19. The van der Waals surface area contributed by atoms with E-state index >= 15 is 0 Å². The van der Waals surface area contributed by atoms with Gasteiger partial charge in [0.15, 0.2) is 0 Å². The molecule has 1 aliphatic heterocycles. The van der Waals surface area contributed by atoms with Crippen molar-refractivity contribution in [2.45, 2.75) is 35.3 Å². The average molecular weight is 609 g/mol. The van der Waals surface area contributed by atoms with Gasteiger partial charge >= 0.3 is 0 Å². The van der Waals surface area contributed by atoms with Crippen LogP contribution in [-0.4, -0.2) is 14.4 Å². The first-order chi connectivity index (χ1) is 22.7. The summed E-state index contributed by atoms with van der Waals surface area (Å²) in [6.45, 7) is 2.39. The SMILES string of the molecule is CC12C=CC=CC1Sc1cc3c(cc12)c1ccccc1n3-c1ccccc1-c1cccc(-n2c3c(c4ccccc42)CCC=C3)c1. The lowest BCUT2D eigenvalue weighted by atomic mass is 9.77. The third-order valence-electron chi connectivity index (χ3n) is 10.5. The van der Waals surface area contributed by atoms with Gasteiger partial charge in [-0.25, -0.2) is 0 Å². The Hall–Kier alpha value is -4.99. The van der Waals surface area contributed by atoms with Crippen LogP contribution in [0.2, 0.25) is 0 Å². The molecule has 0 spiro atoms. The largest absolute Gasteiger partial charge is 0.310 e. The summed E-state index contributed by atoms with van der Waals surface area (Å²) in [5.74, 6) is 0. The predicted molar refractivity (Wildman–Crippen MR) is 196 cm³/mol. The van der Waals surface area contributed by atoms with Crippen LogP contribution in [0.3, 0.4) is 0 Å². The van der Waals surface area contributed by atoms with Gasteiger partial charge in [-0.1, -0.05) is 104 Å². The Labute approximate surface area is 273 Å². The standard InChI is InChI=1S/C43H32N2S/c1-43-24-11-10-23-42(43)46-41-27-40-34(26-35(41)43)33-18-5-9-22-39(33)45(40)36-19-6-2-15-30(36)28-13-12-14-29(25-28)44-37-20-7-3-16-31(37)32-17-4-8-21-38(32)44/h2-3,5-16,18-27,42H,4,17H2,1H3. The monoisotopic (exact) mass is 608 g/mol. The zero-order chi connectivity index (χ0) is 30.4. The molecule has 3 aliphatic rings. The maximum atomic E-state index is 2.50. The van der Waals surface area contributed by atoms with E-state index in [9.17, 15) is 0 Å². The van der Waals surface area contributed by atoms with E-state index in [0.29, 0.717) is 5.25 Å². The van der Waals surface area contributed by atoms with Gasteiger partial charge in [0.2, 0.25) is 0 Å². The first-order valence-electron chi connectivity index (χ1n) is 16.3. The van der Waals surface area contributed by atoms with Crippen LogP contribution in [0.15, 0.2) is 144 Å². The van der Waals surface area contributed by atoms with Crippen molar-refractivity contribution in [3.8, 4) is 22.5 Å². The van der Waals surface area contributed by atoms with Crippen molar-refractivity contribution in [3.05, 3.63) is 156 Å². The number of benzene rings is 5. The molecule has 0 amide bonds. The Morgan fingerprint density at radius 2 is 1.52 bits per heavy atom. The summed E-state index contributed by atoms with van der Waals surface area (Å²) in [7, 11) is 0. The fraction of sp³-hybridized carbons (Fsp3) is 0.116. The van der Waals surface area contributed by atoms with Gasteiger partial charge in [-0.2, -0.15) is 0 Å². The number of rotatable bonds is 3. The topological polar surface area (TPSA) is 9.86 Å². The number of fused-ring (bicyclic) bond motifs is 9. The summed E-state index contributed by atoms with van der Waals surface area (Å²) < 4.78 is 4.95. The Kier molecular flexibility index (Phi) is 5.57. The van der Waals surface area contributed by atoms with E-state index in [1.165, 1.54) is 76.9 Å². The van der Waals surface area contributed by atoms with Gasteiger partial charge in [0.25, 0.3) is 0 Å². The maximum Gasteiger partial charge on any atom is 0.0552 e. The second-order valence-corrected chi connectivity index (χ2v) is 14.2. The number of thioether (sulfide) groups is 1. The van der Waals surface area contributed by atoms with Gasteiger partial charge in [0.1, 0.15) is 0 Å². The lowest BCUT2D eigenvalue weighted by Crippen LogP contribution is -2.28. The van der Waals surface area contributed by atoms with Gasteiger partial charge in [-0.15, -0.1) is 11.8 Å². The highest BCUT2D eigenvalue weighted by Gasteiger charge is 2.42. The molecule has 3 heterocycles. The molecular weight excluding hydrogens is 577 g/mol. The lowest BCUT2D eigenvalue weighted by molar-refractivity contribution is 0.621. The second-order valence-electron chi connectivity index (χ2n) is 13.0. The third kappa shape index (κ3) is 3.61. The van der Waals surface area contributed by atoms with E-state index in [0.717, 1.165) is 12.8 Å². The molecule has 2 unspecified atom stereocenters. The molecule has 0 saturated heterocycles. The molecule has 2 atom stereocenters. The van der Waals surface area contributed by atoms with Crippen molar-refractivity contribution in [2.75, 3.05) is 0 Å². The molecule has 2 aliphatic carbocycles. The molecule has 220 valence electrons. The highest BCUT2D eigenvalue weighted by molar-refractivity contribution is 8.00. The molecule has 0 radical (unpaired) electrons. The van der Waals surface area contributed by atoms with E-state index in [-0.39, 0.29) is 5.41 Å². The molecule has 7 aromatic rings. The van der Waals surface area contributed by atoms with E-state index in [1.54, 1.807) is 0 Å². The summed E-state index contributed by atoms with van der Waals surface area (Å²) in [4.78, 5) is 1.39. The minimum Gasteiger partial charge on any atom is -0.310 e. The first-order valence-corrected chi connectivity index (χ1v) is 17.2. The number of para-hydroxylation sites is 3. The lowest BCUT2D eigenvalue weighted by Gasteiger charge is -2.28. The fourth-order valence-corrected chi connectivity index (χ4v) is 9.70. The number of allylic oxidation sites excluding steroid dienone is 4. The maximum absolute atomic E-state index is 2.50. The smallest absolute Gasteiger partial charge is 0.0552 e. The molecule has 0 saturated carbocycles. The zero-order valence-electron chi connectivity index (χ0n) is 25.7. The van der Waals surface area contributed by atoms with E-state index < -0.39 is 0 Å². The second kappa shape index (κ2) is 9.75. The summed E-state index contributed by atoms with van der Waals surface area (Å²) in [6, 6.07) is 40.8. The van der Waals surface area contributed by atoms with Crippen molar-refractivity contribution in [3.63, 3.8) is 0 Å². The minimum atomic E-state index is 0.0154. The summed E-state index contributed by atoms with van der Waals surface area (Å²) in [5, 5.41) is 4.41. The Morgan fingerprint density at radius 3 is 2.43 bits per heavy atom. The van der Waals surface area contributed by atoms with Crippen molar-refractivity contribution in [1.29, 1.82) is 0 Å². The van der Waals surface area contributed by atoms with Gasteiger partial charge in [0, 0.05) is 48.7 Å². The minimum absolute atomic E-state index is 0.0154. The van der Waals surface area contributed by atoms with Crippen LogP contribution >= 0.6 is 11.8 Å². The molecule has 0 fully saturated rings. The van der Waals surface area contributed by atoms with Crippen LogP contribution in [0, 0.1) is 0 Å². The van der Waals surface area contributed by atoms with E-state index in [4.69, 9.17) is 0 Å². The quantitative estimate of drug-likeness (QED) is 0.194. The summed E-state index contributed by atoms with van der Waals surface area (Å²) >= 11 is 2.00. The molecule has 2 aromatic heterocycles. The fourth-order valence-electron chi connectivity index (χ4n) is 8.22. The van der Waals surface area contributed by atoms with Crippen molar-refractivity contribution in [1.82, 2.24) is 9.13 Å². The van der Waals surface area contributed by atoms with Crippen LogP contribution in [-0.2, 0) is 11.8 Å². The van der Waals surface area contributed by atoms with Crippen LogP contribution < -0.4 is 0 Å². The molecule has 5 aromatic carbocycles. The molecular formula is C43H32N2S. The van der Waals surface area contributed by atoms with Crippen LogP contribution in [0.4, 0.5) is 0 Å². The molecule has 46 heavy (non-hydrogen) atoms. The van der Waals surface area contributed by atoms with E-state index in [2.05, 4.69) is 162 Å². The van der Waals surface area contributed by atoms with Crippen LogP contribution in [0.1, 0.15) is 30.2 Å². The Morgan fingerprint density at radius 1 is 0.717 bits per heavy atom.